The van der Waals surface area contributed by atoms with Crippen molar-refractivity contribution in [2.75, 3.05) is 18.6 Å². The van der Waals surface area contributed by atoms with Crippen LogP contribution in [0.3, 0.4) is 0 Å². The van der Waals surface area contributed by atoms with Gasteiger partial charge in [0.25, 0.3) is 0 Å². The molecule has 1 aliphatic heterocycles. The number of rotatable bonds is 2. The summed E-state index contributed by atoms with van der Waals surface area (Å²) in [6.07, 6.45) is 4.33. The van der Waals surface area contributed by atoms with Crippen LogP contribution in [-0.2, 0) is 4.74 Å². The smallest absolute Gasteiger partial charge is 0.355 e. The highest BCUT2D eigenvalue weighted by Crippen LogP contribution is 2.31. The lowest BCUT2D eigenvalue weighted by atomic mass is 10.00. The van der Waals surface area contributed by atoms with E-state index in [0.29, 0.717) is 11.6 Å². The third kappa shape index (κ3) is 2.34. The Morgan fingerprint density at radius 2 is 2.21 bits per heavy atom. The van der Waals surface area contributed by atoms with E-state index in [1.165, 1.54) is 31.5 Å². The highest BCUT2D eigenvalue weighted by molar-refractivity contribution is 7.99. The number of aromatic nitrogens is 2. The summed E-state index contributed by atoms with van der Waals surface area (Å²) in [4.78, 5) is 16.4. The summed E-state index contributed by atoms with van der Waals surface area (Å²) in [6, 6.07) is 5.53. The van der Waals surface area contributed by atoms with Crippen molar-refractivity contribution >= 4 is 23.4 Å². The molecule has 0 amide bonds. The summed E-state index contributed by atoms with van der Waals surface area (Å²) in [5.41, 5.74) is 2.44. The summed E-state index contributed by atoms with van der Waals surface area (Å²) < 4.78 is 6.64. The lowest BCUT2D eigenvalue weighted by Gasteiger charge is -2.18. The van der Waals surface area contributed by atoms with Crippen LogP contribution in [0, 0.1) is 0 Å². The number of carbonyl (C=O) groups excluding carboxylic acids is 1. The molecule has 0 atom stereocenters. The van der Waals surface area contributed by atoms with E-state index in [-0.39, 0.29) is 5.97 Å². The molecule has 0 unspecified atom stereocenters. The van der Waals surface area contributed by atoms with Crippen LogP contribution in [-0.4, -0.2) is 34.0 Å². The predicted molar refractivity (Wildman–Crippen MR) is 75.8 cm³/mol. The van der Waals surface area contributed by atoms with Crippen LogP contribution in [0.2, 0.25) is 0 Å². The average molecular weight is 276 g/mol. The third-order valence-electron chi connectivity index (χ3n) is 3.54. The van der Waals surface area contributed by atoms with Gasteiger partial charge in [0.2, 0.25) is 0 Å². The minimum atomic E-state index is -0.325. The molecule has 2 aromatic heterocycles. The van der Waals surface area contributed by atoms with Crippen LogP contribution in [0.25, 0.3) is 5.65 Å². The molecule has 1 saturated heterocycles. The zero-order valence-corrected chi connectivity index (χ0v) is 11.7. The lowest BCUT2D eigenvalue weighted by Crippen LogP contribution is -2.08. The number of pyridine rings is 1. The van der Waals surface area contributed by atoms with Crippen molar-refractivity contribution in [1.29, 1.82) is 0 Å². The Morgan fingerprint density at radius 3 is 2.95 bits per heavy atom. The molecule has 19 heavy (non-hydrogen) atoms. The minimum absolute atomic E-state index is 0.325. The van der Waals surface area contributed by atoms with Gasteiger partial charge in [-0.15, -0.1) is 0 Å². The van der Waals surface area contributed by atoms with Crippen LogP contribution in [0.4, 0.5) is 0 Å². The monoisotopic (exact) mass is 276 g/mol. The van der Waals surface area contributed by atoms with Crippen LogP contribution in [0.15, 0.2) is 24.4 Å². The molecule has 0 bridgehead atoms. The van der Waals surface area contributed by atoms with E-state index in [2.05, 4.69) is 4.98 Å². The van der Waals surface area contributed by atoms with Gasteiger partial charge in [0.05, 0.1) is 12.8 Å². The third-order valence-corrected chi connectivity index (χ3v) is 4.59. The topological polar surface area (TPSA) is 43.6 Å². The van der Waals surface area contributed by atoms with E-state index in [4.69, 9.17) is 4.74 Å². The van der Waals surface area contributed by atoms with Gasteiger partial charge in [-0.05, 0) is 36.5 Å². The SMILES string of the molecule is COC(=O)c1cccc2nc(C3CCSCC3)cn12. The molecule has 0 aromatic carbocycles. The Balaban J connectivity index is 2.02. The van der Waals surface area contributed by atoms with Crippen LogP contribution < -0.4 is 0 Å². The van der Waals surface area contributed by atoms with Crippen molar-refractivity contribution in [1.82, 2.24) is 9.38 Å². The maximum atomic E-state index is 11.7. The summed E-state index contributed by atoms with van der Waals surface area (Å²) >= 11 is 2.00. The van der Waals surface area contributed by atoms with Crippen molar-refractivity contribution in [2.45, 2.75) is 18.8 Å². The maximum Gasteiger partial charge on any atom is 0.355 e. The molecule has 0 N–H and O–H groups in total. The second-order valence-electron chi connectivity index (χ2n) is 4.68. The Bertz CT molecular complexity index is 603. The maximum absolute atomic E-state index is 11.7. The summed E-state index contributed by atoms with van der Waals surface area (Å²) in [5.74, 6) is 2.59. The molecular weight excluding hydrogens is 260 g/mol. The molecule has 3 rings (SSSR count). The van der Waals surface area contributed by atoms with Crippen LogP contribution in [0.5, 0.6) is 0 Å². The van der Waals surface area contributed by atoms with Crippen molar-refractivity contribution in [2.24, 2.45) is 0 Å². The zero-order valence-electron chi connectivity index (χ0n) is 10.8. The highest BCUT2D eigenvalue weighted by Gasteiger charge is 2.20. The van der Waals surface area contributed by atoms with E-state index < -0.39 is 0 Å². The van der Waals surface area contributed by atoms with Gasteiger partial charge in [-0.25, -0.2) is 9.78 Å². The van der Waals surface area contributed by atoms with Gasteiger partial charge < -0.3 is 4.74 Å². The Hall–Kier alpha value is -1.49. The van der Waals surface area contributed by atoms with Gasteiger partial charge in [-0.3, -0.25) is 4.40 Å². The van der Waals surface area contributed by atoms with E-state index in [1.807, 2.05) is 34.5 Å². The number of carbonyl (C=O) groups is 1. The highest BCUT2D eigenvalue weighted by atomic mass is 32.2. The molecule has 0 saturated carbocycles. The average Bonchev–Trinajstić information content (AvgIpc) is 2.91. The molecule has 100 valence electrons. The van der Waals surface area contributed by atoms with E-state index >= 15 is 0 Å². The first-order valence-corrected chi connectivity index (χ1v) is 7.59. The van der Waals surface area contributed by atoms with Gasteiger partial charge in [-0.2, -0.15) is 11.8 Å². The van der Waals surface area contributed by atoms with Gasteiger partial charge in [0.1, 0.15) is 11.3 Å². The molecule has 0 radical (unpaired) electrons. The second-order valence-corrected chi connectivity index (χ2v) is 5.91. The number of methoxy groups -OCH3 is 1. The lowest BCUT2D eigenvalue weighted by molar-refractivity contribution is 0.0592. The fraction of sp³-hybridized carbons (Fsp3) is 0.429. The summed E-state index contributed by atoms with van der Waals surface area (Å²) in [6.45, 7) is 0. The first kappa shape index (κ1) is 12.5. The van der Waals surface area contributed by atoms with E-state index in [0.717, 1.165) is 11.3 Å². The van der Waals surface area contributed by atoms with Gasteiger partial charge in [0.15, 0.2) is 0 Å². The molecule has 0 spiro atoms. The number of hydrogen-bond donors (Lipinski definition) is 0. The van der Waals surface area contributed by atoms with Crippen molar-refractivity contribution in [3.63, 3.8) is 0 Å². The number of fused-ring (bicyclic) bond motifs is 1. The standard InChI is InChI=1S/C14H16N2O2S/c1-18-14(17)12-3-2-4-13-15-11(9-16(12)13)10-5-7-19-8-6-10/h2-4,9-10H,5-8H2,1H3. The number of nitrogens with zero attached hydrogens (tertiary/aromatic N) is 2. The number of thioether (sulfide) groups is 1. The van der Waals surface area contributed by atoms with Gasteiger partial charge in [-0.1, -0.05) is 6.07 Å². The number of ether oxygens (including phenoxy) is 1. The Kier molecular flexibility index (Phi) is 3.46. The molecule has 2 aromatic rings. The molecule has 3 heterocycles. The second kappa shape index (κ2) is 5.25. The minimum Gasteiger partial charge on any atom is -0.464 e. The summed E-state index contributed by atoms with van der Waals surface area (Å²) in [7, 11) is 1.40. The summed E-state index contributed by atoms with van der Waals surface area (Å²) in [5, 5.41) is 0. The molecule has 1 aliphatic rings. The first-order valence-electron chi connectivity index (χ1n) is 6.43. The molecule has 0 aliphatic carbocycles. The Labute approximate surface area is 116 Å². The number of esters is 1. The fourth-order valence-electron chi connectivity index (χ4n) is 2.49. The molecule has 1 fully saturated rings. The van der Waals surface area contributed by atoms with Gasteiger partial charge in [0, 0.05) is 12.1 Å². The predicted octanol–water partition coefficient (Wildman–Crippen LogP) is 2.73. The van der Waals surface area contributed by atoms with Gasteiger partial charge >= 0.3 is 5.97 Å². The number of imidazole rings is 1. The van der Waals surface area contributed by atoms with Crippen molar-refractivity contribution in [3.05, 3.63) is 35.8 Å². The number of hydrogen-bond acceptors (Lipinski definition) is 4. The largest absolute Gasteiger partial charge is 0.464 e. The van der Waals surface area contributed by atoms with E-state index in [1.54, 1.807) is 6.07 Å². The normalized spacial score (nSPS) is 16.7. The van der Waals surface area contributed by atoms with Crippen LogP contribution >= 0.6 is 11.8 Å². The van der Waals surface area contributed by atoms with Crippen molar-refractivity contribution < 1.29 is 9.53 Å². The van der Waals surface area contributed by atoms with Crippen molar-refractivity contribution in [3.8, 4) is 0 Å². The fourth-order valence-corrected chi connectivity index (χ4v) is 3.60. The zero-order chi connectivity index (χ0) is 13.2. The molecule has 4 nitrogen and oxygen atoms in total. The Morgan fingerprint density at radius 1 is 1.42 bits per heavy atom. The first-order chi connectivity index (χ1) is 9.29. The van der Waals surface area contributed by atoms with E-state index in [9.17, 15) is 4.79 Å². The quantitative estimate of drug-likeness (QED) is 0.791. The molecule has 5 heteroatoms. The van der Waals surface area contributed by atoms with Crippen LogP contribution in [0.1, 0.15) is 34.9 Å². The molecular formula is C14H16N2O2S.